The van der Waals surface area contributed by atoms with Crippen LogP contribution in [0.5, 0.6) is 0 Å². The Hall–Kier alpha value is -1.62. The van der Waals surface area contributed by atoms with Crippen molar-refractivity contribution >= 4 is 27.5 Å². The molecule has 23 heavy (non-hydrogen) atoms. The van der Waals surface area contributed by atoms with Crippen molar-refractivity contribution < 1.29 is 4.79 Å². The smallest absolute Gasteiger partial charge is 0.270 e. The van der Waals surface area contributed by atoms with Crippen molar-refractivity contribution in [2.75, 3.05) is 6.54 Å². The molecule has 0 saturated heterocycles. The summed E-state index contributed by atoms with van der Waals surface area (Å²) >= 11 is 3.53. The topological polar surface area (TPSA) is 46.4 Å². The van der Waals surface area contributed by atoms with Crippen LogP contribution < -0.4 is 5.32 Å². The van der Waals surface area contributed by atoms with E-state index in [9.17, 15) is 4.79 Å². The summed E-state index contributed by atoms with van der Waals surface area (Å²) in [6.07, 6.45) is 10.2. The van der Waals surface area contributed by atoms with E-state index in [4.69, 9.17) is 0 Å². The Labute approximate surface area is 145 Å². The standard InChI is InChI=1S/C18H22BrN3O/c1-12-10-15(19)17-21-13(2)16(22(17)11-12)18(23)20-9-8-14-6-4-3-5-7-14/h6,10-11H,3-5,7-9H2,1-2H3,(H,20,23). The SMILES string of the molecule is Cc1cc(Br)c2nc(C)c(C(=O)NCCC3=CCCCC3)n2c1. The fourth-order valence-corrected chi connectivity index (χ4v) is 3.81. The molecule has 0 spiro atoms. The number of hydrogen-bond acceptors (Lipinski definition) is 2. The number of pyridine rings is 1. The molecule has 122 valence electrons. The van der Waals surface area contributed by atoms with Crippen molar-refractivity contribution in [2.45, 2.75) is 46.0 Å². The van der Waals surface area contributed by atoms with Crippen LogP contribution in [0.2, 0.25) is 0 Å². The van der Waals surface area contributed by atoms with Gasteiger partial charge in [-0.25, -0.2) is 4.98 Å². The van der Waals surface area contributed by atoms with Gasteiger partial charge in [0.1, 0.15) is 5.69 Å². The molecule has 0 fully saturated rings. The molecule has 3 rings (SSSR count). The highest BCUT2D eigenvalue weighted by Gasteiger charge is 2.18. The number of carbonyl (C=O) groups excluding carboxylic acids is 1. The number of carbonyl (C=O) groups is 1. The lowest BCUT2D eigenvalue weighted by atomic mass is 9.97. The van der Waals surface area contributed by atoms with Gasteiger partial charge < -0.3 is 5.32 Å². The number of aromatic nitrogens is 2. The molecule has 5 heteroatoms. The second-order valence-electron chi connectivity index (χ2n) is 6.22. The zero-order valence-electron chi connectivity index (χ0n) is 13.7. The van der Waals surface area contributed by atoms with Crippen LogP contribution in [-0.2, 0) is 0 Å². The van der Waals surface area contributed by atoms with Gasteiger partial charge in [0.2, 0.25) is 0 Å². The van der Waals surface area contributed by atoms with Gasteiger partial charge in [-0.15, -0.1) is 0 Å². The molecule has 1 N–H and O–H groups in total. The van der Waals surface area contributed by atoms with E-state index in [1.807, 2.05) is 30.5 Å². The lowest BCUT2D eigenvalue weighted by Crippen LogP contribution is -2.26. The molecule has 0 bridgehead atoms. The molecule has 2 aromatic rings. The van der Waals surface area contributed by atoms with Gasteiger partial charge in [-0.2, -0.15) is 0 Å². The summed E-state index contributed by atoms with van der Waals surface area (Å²) in [5, 5.41) is 3.05. The van der Waals surface area contributed by atoms with Crippen LogP contribution >= 0.6 is 15.9 Å². The lowest BCUT2D eigenvalue weighted by Gasteiger charge is -2.13. The van der Waals surface area contributed by atoms with Crippen molar-refractivity contribution in [3.63, 3.8) is 0 Å². The Kier molecular flexibility index (Phi) is 4.85. The van der Waals surface area contributed by atoms with Gasteiger partial charge in [0.15, 0.2) is 5.65 Å². The van der Waals surface area contributed by atoms with E-state index in [0.717, 1.165) is 27.8 Å². The minimum atomic E-state index is -0.0519. The zero-order chi connectivity index (χ0) is 16.4. The molecule has 0 unspecified atom stereocenters. The predicted molar refractivity (Wildman–Crippen MR) is 95.9 cm³/mol. The normalized spacial score (nSPS) is 14.8. The highest BCUT2D eigenvalue weighted by Crippen LogP contribution is 2.23. The van der Waals surface area contributed by atoms with Crippen molar-refractivity contribution in [1.82, 2.24) is 14.7 Å². The van der Waals surface area contributed by atoms with Gasteiger partial charge in [-0.05, 0) is 73.5 Å². The van der Waals surface area contributed by atoms with Gasteiger partial charge in [0.05, 0.1) is 10.2 Å². The molecule has 0 radical (unpaired) electrons. The highest BCUT2D eigenvalue weighted by molar-refractivity contribution is 9.10. The average Bonchev–Trinajstić information content (AvgIpc) is 2.85. The van der Waals surface area contributed by atoms with Crippen LogP contribution in [0.1, 0.15) is 53.8 Å². The first-order valence-electron chi connectivity index (χ1n) is 8.17. The summed E-state index contributed by atoms with van der Waals surface area (Å²) in [6.45, 7) is 4.58. The fourth-order valence-electron chi connectivity index (χ4n) is 3.17. The summed E-state index contributed by atoms with van der Waals surface area (Å²) < 4.78 is 2.79. The summed E-state index contributed by atoms with van der Waals surface area (Å²) in [4.78, 5) is 17.1. The third-order valence-corrected chi connectivity index (χ3v) is 4.90. The number of fused-ring (bicyclic) bond motifs is 1. The number of hydrogen-bond donors (Lipinski definition) is 1. The summed E-state index contributed by atoms with van der Waals surface area (Å²) in [5.74, 6) is -0.0519. The number of nitrogens with zero attached hydrogens (tertiary/aromatic N) is 2. The number of nitrogens with one attached hydrogen (secondary N) is 1. The third-order valence-electron chi connectivity index (χ3n) is 4.32. The monoisotopic (exact) mass is 375 g/mol. The number of amides is 1. The molecule has 0 atom stereocenters. The highest BCUT2D eigenvalue weighted by atomic mass is 79.9. The van der Waals surface area contributed by atoms with Gasteiger partial charge >= 0.3 is 0 Å². The Morgan fingerprint density at radius 3 is 2.96 bits per heavy atom. The van der Waals surface area contributed by atoms with Gasteiger partial charge in [-0.1, -0.05) is 11.6 Å². The first-order chi connectivity index (χ1) is 11.1. The molecule has 0 aromatic carbocycles. The molecule has 0 aliphatic heterocycles. The predicted octanol–water partition coefficient (Wildman–Crippen LogP) is 4.33. The lowest BCUT2D eigenvalue weighted by molar-refractivity contribution is 0.0947. The Balaban J connectivity index is 1.75. The molecule has 1 aliphatic rings. The maximum Gasteiger partial charge on any atom is 0.270 e. The van der Waals surface area contributed by atoms with Gasteiger partial charge in [-0.3, -0.25) is 9.20 Å². The molecule has 0 saturated carbocycles. The van der Waals surface area contributed by atoms with E-state index >= 15 is 0 Å². The molecular weight excluding hydrogens is 354 g/mol. The van der Waals surface area contributed by atoms with Crippen molar-refractivity contribution in [3.05, 3.63) is 45.3 Å². The Morgan fingerprint density at radius 1 is 1.39 bits per heavy atom. The quantitative estimate of drug-likeness (QED) is 0.808. The maximum absolute atomic E-state index is 12.6. The minimum absolute atomic E-state index is 0.0519. The van der Waals surface area contributed by atoms with Crippen LogP contribution in [-0.4, -0.2) is 21.8 Å². The summed E-state index contributed by atoms with van der Waals surface area (Å²) in [5.41, 5.74) is 4.73. The van der Waals surface area contributed by atoms with Crippen molar-refractivity contribution in [2.24, 2.45) is 0 Å². The van der Waals surface area contributed by atoms with Gasteiger partial charge in [0.25, 0.3) is 5.91 Å². The molecule has 2 heterocycles. The van der Waals surface area contributed by atoms with E-state index < -0.39 is 0 Å². The van der Waals surface area contributed by atoms with E-state index in [-0.39, 0.29) is 5.91 Å². The molecule has 4 nitrogen and oxygen atoms in total. The molecule has 1 aliphatic carbocycles. The summed E-state index contributed by atoms with van der Waals surface area (Å²) in [6, 6.07) is 2.01. The van der Waals surface area contributed by atoms with E-state index in [2.05, 4.69) is 32.3 Å². The van der Waals surface area contributed by atoms with Crippen LogP contribution in [0, 0.1) is 13.8 Å². The van der Waals surface area contributed by atoms with Crippen molar-refractivity contribution in [3.8, 4) is 0 Å². The first-order valence-corrected chi connectivity index (χ1v) is 8.96. The van der Waals surface area contributed by atoms with E-state index in [0.29, 0.717) is 12.2 Å². The maximum atomic E-state index is 12.6. The first kappa shape index (κ1) is 16.2. The number of rotatable bonds is 4. The van der Waals surface area contributed by atoms with E-state index in [1.54, 1.807) is 0 Å². The second-order valence-corrected chi connectivity index (χ2v) is 7.07. The Bertz CT molecular complexity index is 776. The third kappa shape index (κ3) is 3.50. The number of allylic oxidation sites excluding steroid dienone is 1. The molecule has 2 aromatic heterocycles. The minimum Gasteiger partial charge on any atom is -0.350 e. The zero-order valence-corrected chi connectivity index (χ0v) is 15.2. The van der Waals surface area contributed by atoms with Gasteiger partial charge in [0, 0.05) is 12.7 Å². The van der Waals surface area contributed by atoms with Crippen LogP contribution in [0.4, 0.5) is 0 Å². The van der Waals surface area contributed by atoms with Crippen LogP contribution in [0.25, 0.3) is 5.65 Å². The van der Waals surface area contributed by atoms with Crippen LogP contribution in [0.15, 0.2) is 28.4 Å². The summed E-state index contributed by atoms with van der Waals surface area (Å²) in [7, 11) is 0. The number of halogens is 1. The van der Waals surface area contributed by atoms with Crippen molar-refractivity contribution in [1.29, 1.82) is 0 Å². The average molecular weight is 376 g/mol. The largest absolute Gasteiger partial charge is 0.350 e. The number of imidazole rings is 1. The fraction of sp³-hybridized carbons (Fsp3) is 0.444. The van der Waals surface area contributed by atoms with Crippen LogP contribution in [0.3, 0.4) is 0 Å². The van der Waals surface area contributed by atoms with E-state index in [1.165, 1.54) is 31.3 Å². The Morgan fingerprint density at radius 2 is 2.22 bits per heavy atom. The molecular formula is C18H22BrN3O. The number of aryl methyl sites for hydroxylation is 2. The molecule has 1 amide bonds. The second kappa shape index (κ2) is 6.87.